The zero-order chi connectivity index (χ0) is 18.6. The van der Waals surface area contributed by atoms with Gasteiger partial charge in [-0.1, -0.05) is 0 Å². The molecule has 0 radical (unpaired) electrons. The minimum Gasteiger partial charge on any atom is -0.497 e. The van der Waals surface area contributed by atoms with Crippen LogP contribution in [0.4, 0.5) is 10.6 Å². The molecule has 1 aromatic heterocycles. The van der Waals surface area contributed by atoms with Gasteiger partial charge in [-0.05, 0) is 51.3 Å². The van der Waals surface area contributed by atoms with Gasteiger partial charge in [-0.15, -0.1) is 5.10 Å². The van der Waals surface area contributed by atoms with Crippen molar-refractivity contribution in [3.63, 3.8) is 0 Å². The number of methoxy groups -OCH3 is 2. The number of ether oxygens (including phenoxy) is 3. The van der Waals surface area contributed by atoms with Gasteiger partial charge in [0.2, 0.25) is 0 Å². The number of carbonyl (C=O) groups excluding carboxylic acids is 1. The molecule has 0 aliphatic rings. The van der Waals surface area contributed by atoms with Gasteiger partial charge < -0.3 is 19.9 Å². The predicted molar refractivity (Wildman–Crippen MR) is 95.2 cm³/mol. The first-order valence-electron chi connectivity index (χ1n) is 8.01. The monoisotopic (exact) mass is 347 g/mol. The van der Waals surface area contributed by atoms with Gasteiger partial charge in [0.15, 0.2) is 0 Å². The highest BCUT2D eigenvalue weighted by Crippen LogP contribution is 2.24. The van der Waals surface area contributed by atoms with E-state index in [1.165, 1.54) is 4.68 Å². The zero-order valence-corrected chi connectivity index (χ0v) is 15.3. The summed E-state index contributed by atoms with van der Waals surface area (Å²) < 4.78 is 17.1. The molecule has 0 saturated carbocycles. The van der Waals surface area contributed by atoms with E-state index >= 15 is 0 Å². The maximum absolute atomic E-state index is 12.3. The second-order valence-corrected chi connectivity index (χ2v) is 6.67. The Bertz CT molecular complexity index is 725. The van der Waals surface area contributed by atoms with Crippen LogP contribution >= 0.6 is 0 Å². The Kier molecular flexibility index (Phi) is 5.56. The SMILES string of the molecule is COc1cc(CCc2cc(N)nn2C(=O)OC(C)(C)C)cc(OC)c1. The molecule has 0 bridgehead atoms. The lowest BCUT2D eigenvalue weighted by Crippen LogP contribution is -2.28. The lowest BCUT2D eigenvalue weighted by Gasteiger charge is -2.19. The molecule has 0 amide bonds. The van der Waals surface area contributed by atoms with Crippen molar-refractivity contribution < 1.29 is 19.0 Å². The molecular weight excluding hydrogens is 322 g/mol. The van der Waals surface area contributed by atoms with E-state index in [0.717, 1.165) is 17.1 Å². The Morgan fingerprint density at radius 1 is 1.08 bits per heavy atom. The molecule has 25 heavy (non-hydrogen) atoms. The summed E-state index contributed by atoms with van der Waals surface area (Å²) in [6, 6.07) is 7.36. The van der Waals surface area contributed by atoms with Crippen LogP contribution in [0.2, 0.25) is 0 Å². The lowest BCUT2D eigenvalue weighted by molar-refractivity contribution is 0.0510. The van der Waals surface area contributed by atoms with E-state index in [0.29, 0.717) is 18.5 Å². The molecular formula is C18H25N3O4. The number of anilines is 1. The van der Waals surface area contributed by atoms with E-state index in [-0.39, 0.29) is 5.82 Å². The van der Waals surface area contributed by atoms with E-state index in [1.807, 2.05) is 18.2 Å². The van der Waals surface area contributed by atoms with Crippen molar-refractivity contribution in [3.8, 4) is 11.5 Å². The Labute approximate surface area is 147 Å². The van der Waals surface area contributed by atoms with Crippen LogP contribution in [0.5, 0.6) is 11.5 Å². The molecule has 1 aromatic carbocycles. The van der Waals surface area contributed by atoms with Gasteiger partial charge in [0, 0.05) is 12.1 Å². The average molecular weight is 347 g/mol. The first kappa shape index (κ1) is 18.6. The molecule has 136 valence electrons. The normalized spacial score (nSPS) is 11.2. The molecule has 7 nitrogen and oxygen atoms in total. The number of benzene rings is 1. The Hall–Kier alpha value is -2.70. The molecule has 1 heterocycles. The molecule has 7 heteroatoms. The Morgan fingerprint density at radius 3 is 2.20 bits per heavy atom. The van der Waals surface area contributed by atoms with Crippen LogP contribution in [-0.4, -0.2) is 35.7 Å². The second-order valence-electron chi connectivity index (χ2n) is 6.67. The summed E-state index contributed by atoms with van der Waals surface area (Å²) in [4.78, 5) is 12.3. The van der Waals surface area contributed by atoms with Gasteiger partial charge >= 0.3 is 6.09 Å². The molecule has 0 unspecified atom stereocenters. The van der Waals surface area contributed by atoms with Crippen LogP contribution in [0.1, 0.15) is 32.0 Å². The number of nitrogens with two attached hydrogens (primary N) is 1. The van der Waals surface area contributed by atoms with E-state index in [9.17, 15) is 4.79 Å². The van der Waals surface area contributed by atoms with Gasteiger partial charge in [-0.25, -0.2) is 4.79 Å². The van der Waals surface area contributed by atoms with Crippen LogP contribution in [0.15, 0.2) is 24.3 Å². The van der Waals surface area contributed by atoms with Gasteiger partial charge in [-0.2, -0.15) is 4.68 Å². The van der Waals surface area contributed by atoms with E-state index in [1.54, 1.807) is 41.1 Å². The fraction of sp³-hybridized carbons (Fsp3) is 0.444. The maximum Gasteiger partial charge on any atom is 0.435 e. The minimum atomic E-state index is -0.602. The van der Waals surface area contributed by atoms with E-state index in [2.05, 4.69) is 5.10 Å². The topological polar surface area (TPSA) is 88.6 Å². The quantitative estimate of drug-likeness (QED) is 0.894. The number of nitrogens with zero attached hydrogens (tertiary/aromatic N) is 2. The largest absolute Gasteiger partial charge is 0.497 e. The van der Waals surface area contributed by atoms with Gasteiger partial charge in [0.1, 0.15) is 22.9 Å². The highest BCUT2D eigenvalue weighted by molar-refractivity contribution is 5.71. The van der Waals surface area contributed by atoms with Crippen LogP contribution in [0.3, 0.4) is 0 Å². The van der Waals surface area contributed by atoms with Crippen molar-refractivity contribution in [2.24, 2.45) is 0 Å². The highest BCUT2D eigenvalue weighted by Gasteiger charge is 2.21. The lowest BCUT2D eigenvalue weighted by atomic mass is 10.1. The van der Waals surface area contributed by atoms with Crippen molar-refractivity contribution in [2.45, 2.75) is 39.2 Å². The van der Waals surface area contributed by atoms with E-state index < -0.39 is 11.7 Å². The number of hydrogen-bond acceptors (Lipinski definition) is 6. The maximum atomic E-state index is 12.3. The number of aromatic nitrogens is 2. The molecule has 0 spiro atoms. The molecule has 0 fully saturated rings. The number of carbonyl (C=O) groups is 1. The molecule has 2 rings (SSSR count). The van der Waals surface area contributed by atoms with Crippen LogP contribution < -0.4 is 15.2 Å². The Morgan fingerprint density at radius 2 is 1.68 bits per heavy atom. The van der Waals surface area contributed by atoms with Crippen LogP contribution in [0.25, 0.3) is 0 Å². The summed E-state index contributed by atoms with van der Waals surface area (Å²) in [5, 5.41) is 4.04. The molecule has 0 aliphatic carbocycles. The molecule has 2 aromatic rings. The summed E-state index contributed by atoms with van der Waals surface area (Å²) in [5.41, 5.74) is 6.87. The average Bonchev–Trinajstić information content (AvgIpc) is 2.92. The number of hydrogen-bond donors (Lipinski definition) is 1. The van der Waals surface area contributed by atoms with Crippen molar-refractivity contribution in [2.75, 3.05) is 20.0 Å². The van der Waals surface area contributed by atoms with Crippen LogP contribution in [-0.2, 0) is 17.6 Å². The summed E-state index contributed by atoms with van der Waals surface area (Å²) >= 11 is 0. The third-order valence-corrected chi connectivity index (χ3v) is 3.45. The summed E-state index contributed by atoms with van der Waals surface area (Å²) in [6.45, 7) is 5.42. The fourth-order valence-corrected chi connectivity index (χ4v) is 2.36. The van der Waals surface area contributed by atoms with Crippen molar-refractivity contribution in [1.82, 2.24) is 9.78 Å². The van der Waals surface area contributed by atoms with Crippen molar-refractivity contribution in [3.05, 3.63) is 35.5 Å². The highest BCUT2D eigenvalue weighted by atomic mass is 16.6. The van der Waals surface area contributed by atoms with Gasteiger partial charge in [-0.3, -0.25) is 0 Å². The summed E-state index contributed by atoms with van der Waals surface area (Å²) in [6.07, 6.45) is 0.698. The first-order valence-corrected chi connectivity index (χ1v) is 8.01. The number of nitrogen functional groups attached to an aromatic ring is 1. The van der Waals surface area contributed by atoms with E-state index in [4.69, 9.17) is 19.9 Å². The van der Waals surface area contributed by atoms with Crippen molar-refractivity contribution in [1.29, 1.82) is 0 Å². The number of aryl methyl sites for hydroxylation is 2. The van der Waals surface area contributed by atoms with Gasteiger partial charge in [0.25, 0.3) is 0 Å². The van der Waals surface area contributed by atoms with Crippen LogP contribution in [0, 0.1) is 0 Å². The number of rotatable bonds is 5. The third-order valence-electron chi connectivity index (χ3n) is 3.45. The smallest absolute Gasteiger partial charge is 0.435 e. The summed E-state index contributed by atoms with van der Waals surface area (Å²) in [5.74, 6) is 1.72. The van der Waals surface area contributed by atoms with Crippen molar-refractivity contribution >= 4 is 11.9 Å². The van der Waals surface area contributed by atoms with Gasteiger partial charge in [0.05, 0.1) is 19.9 Å². The first-order chi connectivity index (χ1) is 11.7. The standard InChI is InChI=1S/C18H25N3O4/c1-18(2,3)25-17(22)21-13(10-16(19)20-21)7-6-12-8-14(23-4)11-15(9-12)24-5/h8-11H,6-7H2,1-5H3,(H2,19,20). The summed E-state index contributed by atoms with van der Waals surface area (Å²) in [7, 11) is 3.22. The minimum absolute atomic E-state index is 0.282. The predicted octanol–water partition coefficient (Wildman–Crippen LogP) is 3.05. The third kappa shape index (κ3) is 5.14. The fourth-order valence-electron chi connectivity index (χ4n) is 2.36. The Balaban J connectivity index is 2.17. The molecule has 0 aliphatic heterocycles. The molecule has 0 saturated heterocycles. The second kappa shape index (κ2) is 7.46. The molecule has 2 N–H and O–H groups in total. The zero-order valence-electron chi connectivity index (χ0n) is 15.3. The molecule has 0 atom stereocenters.